The SMILES string of the molecule is CCC(=O)N1C(C)CC(c2cc(C)n(-c3ccc(OC(C)(F)F)cc3)c2CC)CC1C. The molecule has 2 heterocycles. The largest absolute Gasteiger partial charge is 0.433 e. The molecule has 2 aromatic rings. The quantitative estimate of drug-likeness (QED) is 0.542. The van der Waals surface area contributed by atoms with Crippen LogP contribution >= 0.6 is 0 Å². The van der Waals surface area contributed by atoms with Crippen LogP contribution in [0.25, 0.3) is 5.69 Å². The number of hydrogen-bond donors (Lipinski definition) is 0. The Kier molecular flexibility index (Phi) is 6.77. The van der Waals surface area contributed by atoms with Crippen molar-refractivity contribution < 1.29 is 18.3 Å². The first-order chi connectivity index (χ1) is 14.6. The maximum Gasteiger partial charge on any atom is 0.394 e. The van der Waals surface area contributed by atoms with Crippen molar-refractivity contribution in [1.82, 2.24) is 9.47 Å². The highest BCUT2D eigenvalue weighted by atomic mass is 19.3. The molecule has 1 saturated heterocycles. The molecule has 0 bridgehead atoms. The molecular weight excluding hydrogens is 398 g/mol. The highest BCUT2D eigenvalue weighted by Crippen LogP contribution is 2.39. The van der Waals surface area contributed by atoms with Crippen molar-refractivity contribution in [2.45, 2.75) is 91.3 Å². The molecule has 0 aliphatic carbocycles. The second-order valence-electron chi connectivity index (χ2n) is 8.80. The molecule has 2 atom stereocenters. The number of alkyl halides is 2. The number of carbonyl (C=O) groups is 1. The molecule has 31 heavy (non-hydrogen) atoms. The van der Waals surface area contributed by atoms with E-state index in [0.717, 1.165) is 37.6 Å². The summed E-state index contributed by atoms with van der Waals surface area (Å²) in [6.07, 6.45) is 0.105. The van der Waals surface area contributed by atoms with E-state index in [9.17, 15) is 13.6 Å². The van der Waals surface area contributed by atoms with Crippen molar-refractivity contribution in [3.8, 4) is 11.4 Å². The van der Waals surface area contributed by atoms with Gasteiger partial charge in [-0.3, -0.25) is 4.79 Å². The van der Waals surface area contributed by atoms with E-state index in [1.807, 2.05) is 24.0 Å². The Balaban J connectivity index is 1.90. The predicted molar refractivity (Wildman–Crippen MR) is 119 cm³/mol. The van der Waals surface area contributed by atoms with Crippen LogP contribution in [0.2, 0.25) is 0 Å². The maximum atomic E-state index is 13.1. The van der Waals surface area contributed by atoms with Crippen LogP contribution in [0.1, 0.15) is 76.8 Å². The average molecular weight is 433 g/mol. The van der Waals surface area contributed by atoms with Crippen LogP contribution < -0.4 is 4.74 Å². The van der Waals surface area contributed by atoms with Gasteiger partial charge in [0.05, 0.1) is 0 Å². The average Bonchev–Trinajstić information content (AvgIpc) is 3.03. The molecule has 1 aromatic heterocycles. The monoisotopic (exact) mass is 432 g/mol. The summed E-state index contributed by atoms with van der Waals surface area (Å²) in [4.78, 5) is 14.4. The van der Waals surface area contributed by atoms with Crippen molar-refractivity contribution in [2.24, 2.45) is 0 Å². The van der Waals surface area contributed by atoms with Crippen LogP contribution in [-0.2, 0) is 11.2 Å². The number of aryl methyl sites for hydroxylation is 1. The molecule has 3 rings (SSSR count). The van der Waals surface area contributed by atoms with Gasteiger partial charge in [-0.2, -0.15) is 8.78 Å². The molecule has 1 amide bonds. The van der Waals surface area contributed by atoms with Crippen LogP contribution in [0.5, 0.6) is 5.75 Å². The Hall–Kier alpha value is -2.37. The minimum absolute atomic E-state index is 0.148. The summed E-state index contributed by atoms with van der Waals surface area (Å²) in [7, 11) is 0. The van der Waals surface area contributed by atoms with Gasteiger partial charge in [-0.05, 0) is 81.8 Å². The van der Waals surface area contributed by atoms with Gasteiger partial charge in [-0.25, -0.2) is 0 Å². The number of aromatic nitrogens is 1. The minimum Gasteiger partial charge on any atom is -0.433 e. The van der Waals surface area contributed by atoms with Crippen molar-refractivity contribution in [1.29, 1.82) is 0 Å². The number of rotatable bonds is 6. The lowest BCUT2D eigenvalue weighted by Gasteiger charge is -2.43. The molecule has 0 saturated carbocycles. The third kappa shape index (κ3) is 4.94. The van der Waals surface area contributed by atoms with Gasteiger partial charge in [0, 0.05) is 42.5 Å². The molecule has 1 aliphatic heterocycles. The first-order valence-electron chi connectivity index (χ1n) is 11.2. The first-order valence-corrected chi connectivity index (χ1v) is 11.2. The number of amides is 1. The lowest BCUT2D eigenvalue weighted by atomic mass is 9.81. The minimum atomic E-state index is -3.20. The number of carbonyl (C=O) groups excluding carboxylic acids is 1. The van der Waals surface area contributed by atoms with E-state index in [1.54, 1.807) is 12.1 Å². The zero-order valence-corrected chi connectivity index (χ0v) is 19.4. The number of piperidine rings is 1. The fraction of sp³-hybridized carbons (Fsp3) is 0.560. The summed E-state index contributed by atoms with van der Waals surface area (Å²) in [6, 6.07) is 9.50. The van der Waals surface area contributed by atoms with Crippen LogP contribution in [-0.4, -0.2) is 33.6 Å². The fourth-order valence-electron chi connectivity index (χ4n) is 5.17. The lowest BCUT2D eigenvalue weighted by Crippen LogP contribution is -2.49. The van der Waals surface area contributed by atoms with Crippen molar-refractivity contribution in [3.63, 3.8) is 0 Å². The van der Waals surface area contributed by atoms with E-state index in [1.165, 1.54) is 11.3 Å². The lowest BCUT2D eigenvalue weighted by molar-refractivity contribution is -0.159. The van der Waals surface area contributed by atoms with Gasteiger partial charge in [0.15, 0.2) is 0 Å². The fourth-order valence-corrected chi connectivity index (χ4v) is 5.17. The second kappa shape index (κ2) is 9.01. The molecule has 0 N–H and O–H groups in total. The molecule has 6 heteroatoms. The predicted octanol–water partition coefficient (Wildman–Crippen LogP) is 6.23. The topological polar surface area (TPSA) is 34.5 Å². The number of likely N-dealkylation sites (tertiary alicyclic amines) is 1. The summed E-state index contributed by atoms with van der Waals surface area (Å²) >= 11 is 0. The molecule has 0 spiro atoms. The van der Waals surface area contributed by atoms with E-state index >= 15 is 0 Å². The van der Waals surface area contributed by atoms with Crippen LogP contribution in [0.15, 0.2) is 30.3 Å². The van der Waals surface area contributed by atoms with Gasteiger partial charge in [0.2, 0.25) is 5.91 Å². The molecule has 170 valence electrons. The van der Waals surface area contributed by atoms with Gasteiger partial charge in [0.25, 0.3) is 0 Å². The molecule has 1 fully saturated rings. The number of halogens is 2. The molecular formula is C25H34F2N2O2. The molecule has 2 unspecified atom stereocenters. The molecule has 0 radical (unpaired) electrons. The van der Waals surface area contributed by atoms with Gasteiger partial charge in [0.1, 0.15) is 5.75 Å². The molecule has 1 aliphatic rings. The van der Waals surface area contributed by atoms with Crippen molar-refractivity contribution in [3.05, 3.63) is 47.3 Å². The summed E-state index contributed by atoms with van der Waals surface area (Å²) in [5, 5.41) is 0. The summed E-state index contributed by atoms with van der Waals surface area (Å²) in [6.45, 7) is 11.2. The Labute approximate surface area is 184 Å². The van der Waals surface area contributed by atoms with E-state index in [2.05, 4.69) is 43.1 Å². The zero-order chi connectivity index (χ0) is 22.9. The van der Waals surface area contributed by atoms with Crippen LogP contribution in [0, 0.1) is 6.92 Å². The van der Waals surface area contributed by atoms with Crippen LogP contribution in [0.4, 0.5) is 8.78 Å². The van der Waals surface area contributed by atoms with Gasteiger partial charge in [-0.15, -0.1) is 0 Å². The van der Waals surface area contributed by atoms with Gasteiger partial charge in [-0.1, -0.05) is 13.8 Å². The third-order valence-corrected chi connectivity index (χ3v) is 6.28. The smallest absolute Gasteiger partial charge is 0.394 e. The summed E-state index contributed by atoms with van der Waals surface area (Å²) in [5.74, 6) is 0.764. The van der Waals surface area contributed by atoms with E-state index in [-0.39, 0.29) is 23.7 Å². The Morgan fingerprint density at radius 1 is 1.13 bits per heavy atom. The Bertz CT molecular complexity index is 903. The van der Waals surface area contributed by atoms with Crippen molar-refractivity contribution in [2.75, 3.05) is 0 Å². The number of nitrogens with zero attached hydrogens (tertiary/aromatic N) is 2. The van der Waals surface area contributed by atoms with E-state index < -0.39 is 6.11 Å². The molecule has 1 aromatic carbocycles. The van der Waals surface area contributed by atoms with Gasteiger partial charge < -0.3 is 14.2 Å². The normalized spacial score (nSPS) is 21.9. The maximum absolute atomic E-state index is 13.1. The number of ether oxygens (including phenoxy) is 1. The Morgan fingerprint density at radius 3 is 2.19 bits per heavy atom. The molecule has 4 nitrogen and oxygen atoms in total. The zero-order valence-electron chi connectivity index (χ0n) is 19.4. The van der Waals surface area contributed by atoms with E-state index in [0.29, 0.717) is 12.3 Å². The second-order valence-corrected chi connectivity index (χ2v) is 8.80. The summed E-state index contributed by atoms with van der Waals surface area (Å²) < 4.78 is 33.1. The number of benzene rings is 1. The third-order valence-electron chi connectivity index (χ3n) is 6.28. The van der Waals surface area contributed by atoms with Crippen LogP contribution in [0.3, 0.4) is 0 Å². The van der Waals surface area contributed by atoms with E-state index in [4.69, 9.17) is 0 Å². The van der Waals surface area contributed by atoms with Gasteiger partial charge >= 0.3 is 6.11 Å². The summed E-state index contributed by atoms with van der Waals surface area (Å²) in [5.41, 5.74) is 4.63. The Morgan fingerprint density at radius 2 is 1.71 bits per heavy atom. The first kappa shape index (κ1) is 23.3. The number of hydrogen-bond acceptors (Lipinski definition) is 2. The highest BCUT2D eigenvalue weighted by Gasteiger charge is 2.35. The standard InChI is InChI=1S/C25H34F2N2O2/c1-7-23-22(19-13-16(3)28(17(4)14-19)24(30)8-2)15-18(5)29(23)20-9-11-21(12-10-20)31-25(6,26)27/h9-12,15-17,19H,7-8,13-14H2,1-6H3. The van der Waals surface area contributed by atoms with Crippen molar-refractivity contribution >= 4 is 5.91 Å². The highest BCUT2D eigenvalue weighted by molar-refractivity contribution is 5.76.